The predicted molar refractivity (Wildman–Crippen MR) is 56.8 cm³/mol. The third-order valence-electron chi connectivity index (χ3n) is 3.20. The zero-order valence-corrected chi connectivity index (χ0v) is 8.80. The van der Waals surface area contributed by atoms with E-state index in [9.17, 15) is 9.90 Å². The third-order valence-corrected chi connectivity index (χ3v) is 3.20. The van der Waals surface area contributed by atoms with Crippen molar-refractivity contribution < 1.29 is 14.6 Å². The van der Waals surface area contributed by atoms with E-state index in [-0.39, 0.29) is 23.9 Å². The molecule has 0 aliphatic carbocycles. The lowest BCUT2D eigenvalue weighted by Crippen LogP contribution is -2.60. The normalized spacial score (nSPS) is 27.8. The van der Waals surface area contributed by atoms with Crippen molar-refractivity contribution in [2.45, 2.75) is 25.2 Å². The first-order chi connectivity index (χ1) is 7.74. The van der Waals surface area contributed by atoms with Crippen LogP contribution in [0.15, 0.2) is 24.3 Å². The number of carbonyl (C=O) groups is 1. The van der Waals surface area contributed by atoms with Crippen LogP contribution in [-0.2, 0) is 16.1 Å². The summed E-state index contributed by atoms with van der Waals surface area (Å²) in [7, 11) is 0. The molecule has 3 aliphatic rings. The van der Waals surface area contributed by atoms with E-state index in [4.69, 9.17) is 4.74 Å². The molecule has 2 unspecified atom stereocenters. The zero-order chi connectivity index (χ0) is 11.1. The fourth-order valence-corrected chi connectivity index (χ4v) is 2.27. The molecule has 1 N–H and O–H groups in total. The van der Waals surface area contributed by atoms with Gasteiger partial charge in [0, 0.05) is 25.1 Å². The summed E-state index contributed by atoms with van der Waals surface area (Å²) >= 11 is 0. The highest BCUT2D eigenvalue weighted by Crippen LogP contribution is 2.30. The quantitative estimate of drug-likeness (QED) is 0.803. The fraction of sp³-hybridized carbons (Fsp3) is 0.417. The SMILES string of the molecule is O=C1C2CC(CN1Cc1ccccc1O)O2. The Morgan fingerprint density at radius 2 is 2.19 bits per heavy atom. The average Bonchev–Trinajstić information content (AvgIpc) is 2.22. The molecule has 0 saturated carbocycles. The number of phenols is 1. The zero-order valence-electron chi connectivity index (χ0n) is 8.80. The smallest absolute Gasteiger partial charge is 0.252 e. The maximum Gasteiger partial charge on any atom is 0.252 e. The Morgan fingerprint density at radius 1 is 1.44 bits per heavy atom. The molecular weight excluding hydrogens is 206 g/mol. The number of phenolic OH excluding ortho intramolecular Hbond substituents is 1. The maximum absolute atomic E-state index is 11.8. The molecule has 84 valence electrons. The van der Waals surface area contributed by atoms with Gasteiger partial charge in [-0.15, -0.1) is 0 Å². The molecule has 4 nitrogen and oxygen atoms in total. The van der Waals surface area contributed by atoms with Crippen molar-refractivity contribution in [3.8, 4) is 5.75 Å². The van der Waals surface area contributed by atoms with Gasteiger partial charge in [-0.25, -0.2) is 0 Å². The predicted octanol–water partition coefficient (Wildman–Crippen LogP) is 0.892. The third kappa shape index (κ3) is 1.46. The monoisotopic (exact) mass is 219 g/mol. The number of nitrogens with zero attached hydrogens (tertiary/aromatic N) is 1. The summed E-state index contributed by atoms with van der Waals surface area (Å²) in [5.41, 5.74) is 0.789. The number of aromatic hydroxyl groups is 1. The van der Waals surface area contributed by atoms with E-state index in [1.54, 1.807) is 17.0 Å². The van der Waals surface area contributed by atoms with Crippen LogP contribution >= 0.6 is 0 Å². The molecule has 0 radical (unpaired) electrons. The first-order valence-electron chi connectivity index (χ1n) is 5.45. The molecule has 1 aromatic carbocycles. The van der Waals surface area contributed by atoms with Crippen LogP contribution in [0.3, 0.4) is 0 Å². The summed E-state index contributed by atoms with van der Waals surface area (Å²) in [4.78, 5) is 13.6. The number of hydrogen-bond donors (Lipinski definition) is 1. The van der Waals surface area contributed by atoms with E-state index in [1.165, 1.54) is 0 Å². The number of benzene rings is 1. The molecule has 0 aromatic heterocycles. The number of ether oxygens (including phenoxy) is 1. The van der Waals surface area contributed by atoms with Crippen LogP contribution < -0.4 is 0 Å². The number of rotatable bonds is 2. The van der Waals surface area contributed by atoms with Gasteiger partial charge in [0.1, 0.15) is 11.9 Å². The van der Waals surface area contributed by atoms with Crippen molar-refractivity contribution in [2.24, 2.45) is 0 Å². The highest BCUT2D eigenvalue weighted by molar-refractivity contribution is 5.83. The fourth-order valence-electron chi connectivity index (χ4n) is 2.27. The van der Waals surface area contributed by atoms with Gasteiger partial charge in [0.25, 0.3) is 5.91 Å². The molecule has 3 heterocycles. The summed E-state index contributed by atoms with van der Waals surface area (Å²) in [5.74, 6) is 0.293. The molecule has 4 rings (SSSR count). The van der Waals surface area contributed by atoms with Gasteiger partial charge in [0.05, 0.1) is 6.10 Å². The Bertz CT molecular complexity index is 426. The number of para-hydroxylation sites is 1. The van der Waals surface area contributed by atoms with Crippen molar-refractivity contribution in [1.29, 1.82) is 0 Å². The van der Waals surface area contributed by atoms with Gasteiger partial charge in [-0.2, -0.15) is 0 Å². The number of carbonyl (C=O) groups excluding carboxylic acids is 1. The van der Waals surface area contributed by atoms with Crippen molar-refractivity contribution in [3.05, 3.63) is 29.8 Å². The van der Waals surface area contributed by atoms with Gasteiger partial charge in [-0.05, 0) is 6.07 Å². The maximum atomic E-state index is 11.8. The standard InChI is InChI=1S/C12H13NO3/c14-10-4-2-1-3-8(10)6-13-7-9-5-11(16-9)12(13)15/h1-4,9,11,14H,5-7H2. The molecule has 3 fully saturated rings. The van der Waals surface area contributed by atoms with Gasteiger partial charge >= 0.3 is 0 Å². The topological polar surface area (TPSA) is 49.8 Å². The summed E-state index contributed by atoms with van der Waals surface area (Å²) in [6.07, 6.45) is 0.828. The van der Waals surface area contributed by atoms with Crippen molar-refractivity contribution in [1.82, 2.24) is 4.90 Å². The minimum Gasteiger partial charge on any atom is -0.508 e. The number of piperidine rings is 1. The molecule has 2 bridgehead atoms. The van der Waals surface area contributed by atoms with Crippen LogP contribution in [-0.4, -0.2) is 34.7 Å². The summed E-state index contributed by atoms with van der Waals surface area (Å²) < 4.78 is 5.33. The van der Waals surface area contributed by atoms with E-state index in [1.807, 2.05) is 12.1 Å². The average molecular weight is 219 g/mol. The second-order valence-corrected chi connectivity index (χ2v) is 4.33. The summed E-state index contributed by atoms with van der Waals surface area (Å²) in [5, 5.41) is 9.64. The molecular formula is C12H13NO3. The van der Waals surface area contributed by atoms with Gasteiger partial charge in [0.15, 0.2) is 0 Å². The van der Waals surface area contributed by atoms with Gasteiger partial charge in [0.2, 0.25) is 0 Å². The van der Waals surface area contributed by atoms with E-state index >= 15 is 0 Å². The molecule has 4 heteroatoms. The lowest BCUT2D eigenvalue weighted by atomic mass is 9.97. The molecule has 1 aromatic rings. The minimum absolute atomic E-state index is 0.0470. The Kier molecular flexibility index (Phi) is 2.11. The lowest BCUT2D eigenvalue weighted by molar-refractivity contribution is -0.199. The Labute approximate surface area is 93.4 Å². The first kappa shape index (κ1) is 9.66. The highest BCUT2D eigenvalue weighted by atomic mass is 16.5. The van der Waals surface area contributed by atoms with E-state index in [0.29, 0.717) is 13.1 Å². The molecule has 0 spiro atoms. The van der Waals surface area contributed by atoms with Crippen LogP contribution in [0.4, 0.5) is 0 Å². The molecule has 3 aliphatic heterocycles. The largest absolute Gasteiger partial charge is 0.508 e. The lowest BCUT2D eigenvalue weighted by Gasteiger charge is -2.46. The number of morpholine rings is 1. The van der Waals surface area contributed by atoms with Gasteiger partial charge < -0.3 is 14.7 Å². The Balaban J connectivity index is 1.75. The van der Waals surface area contributed by atoms with E-state index < -0.39 is 0 Å². The minimum atomic E-state index is -0.232. The van der Waals surface area contributed by atoms with Crippen LogP contribution in [0.1, 0.15) is 12.0 Å². The van der Waals surface area contributed by atoms with Crippen LogP contribution in [0.25, 0.3) is 0 Å². The second-order valence-electron chi connectivity index (χ2n) is 4.33. The van der Waals surface area contributed by atoms with Crippen LogP contribution in [0.5, 0.6) is 5.75 Å². The van der Waals surface area contributed by atoms with Crippen LogP contribution in [0, 0.1) is 0 Å². The van der Waals surface area contributed by atoms with Crippen molar-refractivity contribution in [2.75, 3.05) is 6.54 Å². The molecule has 16 heavy (non-hydrogen) atoms. The molecule has 2 atom stereocenters. The van der Waals surface area contributed by atoms with E-state index in [2.05, 4.69) is 0 Å². The summed E-state index contributed by atoms with van der Waals surface area (Å²) in [6.45, 7) is 1.12. The Hall–Kier alpha value is -1.55. The van der Waals surface area contributed by atoms with Crippen molar-refractivity contribution >= 4 is 5.91 Å². The van der Waals surface area contributed by atoms with Gasteiger partial charge in [-0.3, -0.25) is 4.79 Å². The Morgan fingerprint density at radius 3 is 2.88 bits per heavy atom. The van der Waals surface area contributed by atoms with E-state index in [0.717, 1.165) is 12.0 Å². The number of amides is 1. The highest BCUT2D eigenvalue weighted by Gasteiger charge is 2.44. The van der Waals surface area contributed by atoms with Crippen LogP contribution in [0.2, 0.25) is 0 Å². The van der Waals surface area contributed by atoms with Crippen molar-refractivity contribution in [3.63, 3.8) is 0 Å². The molecule has 1 amide bonds. The van der Waals surface area contributed by atoms with Gasteiger partial charge in [-0.1, -0.05) is 18.2 Å². The number of hydrogen-bond acceptors (Lipinski definition) is 3. The molecule has 3 saturated heterocycles. The number of fused-ring (bicyclic) bond motifs is 2. The summed E-state index contributed by atoms with van der Waals surface area (Å²) in [6, 6.07) is 7.11. The first-order valence-corrected chi connectivity index (χ1v) is 5.45. The second kappa shape index (κ2) is 3.49.